The molecule has 7 nitrogen and oxygen atoms in total. The number of carbonyl (C=O) groups is 1. The fraction of sp³-hybridized carbons (Fsp3) is 0.421. The Morgan fingerprint density at radius 2 is 1.85 bits per heavy atom. The van der Waals surface area contributed by atoms with Crippen molar-refractivity contribution < 1.29 is 14.3 Å². The molecule has 1 aromatic carbocycles. The number of carbonyl (C=O) groups excluding carboxylic acids is 1. The topological polar surface area (TPSA) is 76.6 Å². The molecule has 1 aliphatic heterocycles. The average molecular weight is 356 g/mol. The Bertz CT molecular complexity index is 788. The summed E-state index contributed by atoms with van der Waals surface area (Å²) in [4.78, 5) is 23.9. The first-order chi connectivity index (χ1) is 12.6. The summed E-state index contributed by atoms with van der Waals surface area (Å²) in [5.74, 6) is 1.50. The molecule has 138 valence electrons. The number of hydrogen-bond donors (Lipinski definition) is 1. The van der Waals surface area contributed by atoms with Crippen LogP contribution in [0.2, 0.25) is 0 Å². The SMILES string of the molecule is COc1ccc(OC)c(NC(=O)c2cc(C)nc(N3CCCCC3)n2)c1. The second kappa shape index (κ2) is 8.03. The van der Waals surface area contributed by atoms with Gasteiger partial charge < -0.3 is 19.7 Å². The summed E-state index contributed by atoms with van der Waals surface area (Å²) in [6, 6.07) is 6.93. The molecule has 2 aromatic rings. The molecule has 0 unspecified atom stereocenters. The van der Waals surface area contributed by atoms with Crippen LogP contribution in [-0.4, -0.2) is 43.2 Å². The highest BCUT2D eigenvalue weighted by Crippen LogP contribution is 2.29. The molecule has 2 heterocycles. The number of methoxy groups -OCH3 is 2. The van der Waals surface area contributed by atoms with Crippen LogP contribution >= 0.6 is 0 Å². The second-order valence-electron chi connectivity index (χ2n) is 6.26. The lowest BCUT2D eigenvalue weighted by Crippen LogP contribution is -2.31. The van der Waals surface area contributed by atoms with Gasteiger partial charge in [0, 0.05) is 24.8 Å². The molecule has 1 amide bonds. The molecular formula is C19H24N4O3. The van der Waals surface area contributed by atoms with Crippen LogP contribution in [0, 0.1) is 6.92 Å². The van der Waals surface area contributed by atoms with Gasteiger partial charge in [-0.15, -0.1) is 0 Å². The Hall–Kier alpha value is -2.83. The van der Waals surface area contributed by atoms with Crippen molar-refractivity contribution in [3.05, 3.63) is 35.7 Å². The van der Waals surface area contributed by atoms with Gasteiger partial charge in [0.05, 0.1) is 19.9 Å². The third-order valence-corrected chi connectivity index (χ3v) is 4.37. The first-order valence-corrected chi connectivity index (χ1v) is 8.74. The maximum atomic E-state index is 12.8. The molecule has 0 radical (unpaired) electrons. The van der Waals surface area contributed by atoms with E-state index in [4.69, 9.17) is 9.47 Å². The van der Waals surface area contributed by atoms with Crippen LogP contribution in [-0.2, 0) is 0 Å². The van der Waals surface area contributed by atoms with E-state index in [9.17, 15) is 4.79 Å². The normalized spacial score (nSPS) is 14.0. The maximum Gasteiger partial charge on any atom is 0.274 e. The van der Waals surface area contributed by atoms with E-state index in [1.807, 2.05) is 6.92 Å². The number of nitrogens with one attached hydrogen (secondary N) is 1. The number of ether oxygens (including phenoxy) is 2. The largest absolute Gasteiger partial charge is 0.497 e. The first-order valence-electron chi connectivity index (χ1n) is 8.74. The maximum absolute atomic E-state index is 12.8. The van der Waals surface area contributed by atoms with Gasteiger partial charge in [-0.3, -0.25) is 4.79 Å². The lowest BCUT2D eigenvalue weighted by molar-refractivity contribution is 0.102. The van der Waals surface area contributed by atoms with Crippen LogP contribution in [0.15, 0.2) is 24.3 Å². The molecule has 0 bridgehead atoms. The van der Waals surface area contributed by atoms with Gasteiger partial charge in [-0.1, -0.05) is 0 Å². The van der Waals surface area contributed by atoms with Gasteiger partial charge in [0.25, 0.3) is 5.91 Å². The smallest absolute Gasteiger partial charge is 0.274 e. The highest BCUT2D eigenvalue weighted by Gasteiger charge is 2.18. The third kappa shape index (κ3) is 4.04. The van der Waals surface area contributed by atoms with E-state index in [0.29, 0.717) is 28.8 Å². The predicted octanol–water partition coefficient (Wildman–Crippen LogP) is 3.04. The van der Waals surface area contributed by atoms with Crippen molar-refractivity contribution in [2.45, 2.75) is 26.2 Å². The number of nitrogens with zero attached hydrogens (tertiary/aromatic N) is 3. The molecule has 1 N–H and O–H groups in total. The first kappa shape index (κ1) is 18.0. The van der Waals surface area contributed by atoms with Crippen LogP contribution in [0.5, 0.6) is 11.5 Å². The standard InChI is InChI=1S/C19H24N4O3/c1-13-11-16(22-19(20-13)23-9-5-4-6-10-23)18(24)21-15-12-14(25-2)7-8-17(15)26-3/h7-8,11-12H,4-6,9-10H2,1-3H3,(H,21,24). The summed E-state index contributed by atoms with van der Waals surface area (Å²) < 4.78 is 10.5. The minimum Gasteiger partial charge on any atom is -0.497 e. The Labute approximate surface area is 153 Å². The molecular weight excluding hydrogens is 332 g/mol. The predicted molar refractivity (Wildman–Crippen MR) is 100 cm³/mol. The zero-order valence-electron chi connectivity index (χ0n) is 15.4. The van der Waals surface area contributed by atoms with Crippen molar-refractivity contribution in [1.82, 2.24) is 9.97 Å². The molecule has 7 heteroatoms. The van der Waals surface area contributed by atoms with E-state index >= 15 is 0 Å². The molecule has 1 aliphatic rings. The van der Waals surface area contributed by atoms with Crippen LogP contribution in [0.4, 0.5) is 11.6 Å². The summed E-state index contributed by atoms with van der Waals surface area (Å²) >= 11 is 0. The molecule has 26 heavy (non-hydrogen) atoms. The number of hydrogen-bond acceptors (Lipinski definition) is 6. The lowest BCUT2D eigenvalue weighted by Gasteiger charge is -2.27. The molecule has 1 saturated heterocycles. The van der Waals surface area contributed by atoms with Crippen molar-refractivity contribution in [2.24, 2.45) is 0 Å². The van der Waals surface area contributed by atoms with Crippen LogP contribution in [0.25, 0.3) is 0 Å². The summed E-state index contributed by atoms with van der Waals surface area (Å²) in [5, 5.41) is 2.86. The van der Waals surface area contributed by atoms with Crippen LogP contribution in [0.1, 0.15) is 35.4 Å². The Balaban J connectivity index is 1.85. The summed E-state index contributed by atoms with van der Waals surface area (Å²) in [7, 11) is 3.13. The monoisotopic (exact) mass is 356 g/mol. The van der Waals surface area contributed by atoms with E-state index < -0.39 is 0 Å². The molecule has 0 atom stereocenters. The zero-order valence-corrected chi connectivity index (χ0v) is 15.4. The number of amides is 1. The number of benzene rings is 1. The van der Waals surface area contributed by atoms with E-state index in [2.05, 4.69) is 20.2 Å². The number of piperidine rings is 1. The summed E-state index contributed by atoms with van der Waals surface area (Å²) in [5.41, 5.74) is 1.64. The van der Waals surface area contributed by atoms with E-state index in [0.717, 1.165) is 31.6 Å². The Morgan fingerprint density at radius 1 is 1.08 bits per heavy atom. The van der Waals surface area contributed by atoms with Gasteiger partial charge in [0.2, 0.25) is 5.95 Å². The van der Waals surface area contributed by atoms with Gasteiger partial charge >= 0.3 is 0 Å². The lowest BCUT2D eigenvalue weighted by atomic mass is 10.1. The molecule has 0 spiro atoms. The molecule has 0 saturated carbocycles. The van der Waals surface area contributed by atoms with Gasteiger partial charge in [-0.05, 0) is 44.4 Å². The Morgan fingerprint density at radius 3 is 2.54 bits per heavy atom. The van der Waals surface area contributed by atoms with E-state index in [1.165, 1.54) is 6.42 Å². The van der Waals surface area contributed by atoms with E-state index in [-0.39, 0.29) is 5.91 Å². The van der Waals surface area contributed by atoms with Gasteiger partial charge in [-0.2, -0.15) is 0 Å². The molecule has 3 rings (SSSR count). The van der Waals surface area contributed by atoms with Gasteiger partial charge in [-0.25, -0.2) is 9.97 Å². The fourth-order valence-corrected chi connectivity index (χ4v) is 3.00. The molecule has 1 fully saturated rings. The van der Waals surface area contributed by atoms with Gasteiger partial charge in [0.15, 0.2) is 0 Å². The summed E-state index contributed by atoms with van der Waals surface area (Å²) in [6.45, 7) is 3.72. The third-order valence-electron chi connectivity index (χ3n) is 4.37. The molecule has 1 aromatic heterocycles. The minimum atomic E-state index is -0.305. The second-order valence-corrected chi connectivity index (χ2v) is 6.26. The number of aryl methyl sites for hydroxylation is 1. The highest BCUT2D eigenvalue weighted by molar-refractivity contribution is 6.04. The van der Waals surface area contributed by atoms with Crippen molar-refractivity contribution in [2.75, 3.05) is 37.5 Å². The molecule has 0 aliphatic carbocycles. The van der Waals surface area contributed by atoms with Crippen molar-refractivity contribution in [3.8, 4) is 11.5 Å². The Kier molecular flexibility index (Phi) is 5.55. The fourth-order valence-electron chi connectivity index (χ4n) is 3.00. The average Bonchev–Trinajstić information content (AvgIpc) is 2.68. The van der Waals surface area contributed by atoms with Crippen molar-refractivity contribution in [1.29, 1.82) is 0 Å². The van der Waals surface area contributed by atoms with Crippen LogP contribution < -0.4 is 19.7 Å². The minimum absolute atomic E-state index is 0.305. The van der Waals surface area contributed by atoms with Crippen molar-refractivity contribution >= 4 is 17.5 Å². The summed E-state index contributed by atoms with van der Waals surface area (Å²) in [6.07, 6.45) is 3.48. The van der Waals surface area contributed by atoms with Crippen LogP contribution in [0.3, 0.4) is 0 Å². The number of aromatic nitrogens is 2. The van der Waals surface area contributed by atoms with E-state index in [1.54, 1.807) is 38.5 Å². The van der Waals surface area contributed by atoms with Gasteiger partial charge in [0.1, 0.15) is 17.2 Å². The number of anilines is 2. The van der Waals surface area contributed by atoms with Crippen molar-refractivity contribution in [3.63, 3.8) is 0 Å². The number of rotatable bonds is 5. The quantitative estimate of drug-likeness (QED) is 0.887. The zero-order chi connectivity index (χ0) is 18.5. The highest BCUT2D eigenvalue weighted by atomic mass is 16.5.